The molecule has 0 fully saturated rings. The van der Waals surface area contributed by atoms with Crippen molar-refractivity contribution in [2.24, 2.45) is 0 Å². The van der Waals surface area contributed by atoms with Crippen LogP contribution in [0.2, 0.25) is 0 Å². The van der Waals surface area contributed by atoms with Crippen LogP contribution in [0.1, 0.15) is 23.9 Å². The number of fused-ring (bicyclic) bond motifs is 1. The Morgan fingerprint density at radius 3 is 2.83 bits per heavy atom. The van der Waals surface area contributed by atoms with Crippen molar-refractivity contribution < 1.29 is 14.3 Å². The maximum absolute atomic E-state index is 12.8. The Morgan fingerprint density at radius 2 is 2.07 bits per heavy atom. The van der Waals surface area contributed by atoms with E-state index in [0.29, 0.717) is 31.2 Å². The average molecular weight is 430 g/mol. The topological polar surface area (TPSA) is 72.4 Å². The Labute approximate surface area is 178 Å². The highest BCUT2D eigenvalue weighted by molar-refractivity contribution is 7.99. The molecule has 1 amide bonds. The van der Waals surface area contributed by atoms with Crippen LogP contribution in [0.15, 0.2) is 48.8 Å². The number of esters is 1. The molecule has 6 nitrogen and oxygen atoms in total. The lowest BCUT2D eigenvalue weighted by Gasteiger charge is -2.22. The third-order valence-corrected chi connectivity index (χ3v) is 6.28. The minimum Gasteiger partial charge on any atom is -0.466 e. The summed E-state index contributed by atoms with van der Waals surface area (Å²) in [5.74, 6) is 0.714. The summed E-state index contributed by atoms with van der Waals surface area (Å²) in [5.41, 5.74) is 1.92. The number of thioether (sulfide) groups is 1. The first-order valence-corrected chi connectivity index (χ1v) is 11.4. The van der Waals surface area contributed by atoms with E-state index in [-0.39, 0.29) is 18.3 Å². The van der Waals surface area contributed by atoms with E-state index in [1.807, 2.05) is 30.3 Å². The van der Waals surface area contributed by atoms with Gasteiger partial charge in [0.2, 0.25) is 5.91 Å². The third kappa shape index (κ3) is 6.54. The molecule has 8 heteroatoms. The fraction of sp³-hybridized carbons (Fsp3) is 0.333. The summed E-state index contributed by atoms with van der Waals surface area (Å²) in [6.07, 6.45) is 3.61. The molecule has 1 aromatic carbocycles. The maximum Gasteiger partial charge on any atom is 0.307 e. The largest absolute Gasteiger partial charge is 0.466 e. The molecule has 2 heterocycles. The zero-order valence-corrected chi connectivity index (χ0v) is 17.9. The number of amides is 1. The highest BCUT2D eigenvalue weighted by atomic mass is 32.2. The Morgan fingerprint density at radius 1 is 1.21 bits per heavy atom. The van der Waals surface area contributed by atoms with E-state index in [9.17, 15) is 9.59 Å². The number of ether oxygens (including phenoxy) is 1. The van der Waals surface area contributed by atoms with E-state index in [2.05, 4.69) is 16.0 Å². The molecule has 3 aromatic rings. The fourth-order valence-corrected chi connectivity index (χ4v) is 4.71. The molecule has 0 N–H and O–H groups in total. The monoisotopic (exact) mass is 429 g/mol. The lowest BCUT2D eigenvalue weighted by atomic mass is 10.2. The molecule has 0 saturated heterocycles. The Bertz CT molecular complexity index is 914. The molecule has 0 atom stereocenters. The van der Waals surface area contributed by atoms with E-state index in [1.54, 1.807) is 35.6 Å². The molecule has 0 radical (unpaired) electrons. The van der Waals surface area contributed by atoms with Gasteiger partial charge in [-0.25, -0.2) is 4.98 Å². The number of carbonyl (C=O) groups is 2. The lowest BCUT2D eigenvalue weighted by Crippen LogP contribution is -2.34. The fourth-order valence-electron chi connectivity index (χ4n) is 2.76. The molecule has 3 rings (SSSR count). The van der Waals surface area contributed by atoms with E-state index < -0.39 is 0 Å². The first-order chi connectivity index (χ1) is 14.2. The van der Waals surface area contributed by atoms with Crippen molar-refractivity contribution in [1.82, 2.24) is 14.9 Å². The number of aromatic nitrogens is 2. The van der Waals surface area contributed by atoms with Crippen LogP contribution in [0.25, 0.3) is 10.2 Å². The van der Waals surface area contributed by atoms with Gasteiger partial charge in [0.25, 0.3) is 0 Å². The van der Waals surface area contributed by atoms with E-state index in [4.69, 9.17) is 4.74 Å². The standard InChI is InChI=1S/C21H23N3O3S2/c1-2-27-21(26)9-11-24(13-16-6-5-10-22-12-16)20(25)15-28-14-19-23-17-7-3-4-8-18(17)29-19/h3-8,10,12H,2,9,11,13-15H2,1H3. The summed E-state index contributed by atoms with van der Waals surface area (Å²) in [5, 5.41) is 1.01. The van der Waals surface area contributed by atoms with Crippen LogP contribution in [0.3, 0.4) is 0 Å². The molecular formula is C21H23N3O3S2. The lowest BCUT2D eigenvalue weighted by molar-refractivity contribution is -0.144. The summed E-state index contributed by atoms with van der Waals surface area (Å²) in [7, 11) is 0. The van der Waals surface area contributed by atoms with Gasteiger partial charge in [0.05, 0.1) is 29.0 Å². The second kappa shape index (κ2) is 10.9. The van der Waals surface area contributed by atoms with Crippen molar-refractivity contribution >= 4 is 45.2 Å². The number of benzene rings is 1. The number of hydrogen-bond acceptors (Lipinski definition) is 7. The molecule has 0 aliphatic carbocycles. The normalized spacial score (nSPS) is 10.8. The van der Waals surface area contributed by atoms with Gasteiger partial charge in [-0.1, -0.05) is 18.2 Å². The first kappa shape index (κ1) is 21.3. The smallest absolute Gasteiger partial charge is 0.307 e. The number of nitrogens with zero attached hydrogens (tertiary/aromatic N) is 3. The van der Waals surface area contributed by atoms with E-state index in [0.717, 1.165) is 20.8 Å². The highest BCUT2D eigenvalue weighted by Crippen LogP contribution is 2.25. The molecule has 0 aliphatic rings. The second-order valence-corrected chi connectivity index (χ2v) is 8.40. The van der Waals surface area contributed by atoms with E-state index >= 15 is 0 Å². The number of thiazole rings is 1. The predicted molar refractivity (Wildman–Crippen MR) is 117 cm³/mol. The summed E-state index contributed by atoms with van der Waals surface area (Å²) in [4.78, 5) is 34.9. The van der Waals surface area contributed by atoms with Gasteiger partial charge < -0.3 is 9.64 Å². The van der Waals surface area contributed by atoms with Gasteiger partial charge in [-0.2, -0.15) is 0 Å². The second-order valence-electron chi connectivity index (χ2n) is 6.30. The van der Waals surface area contributed by atoms with Crippen LogP contribution in [0, 0.1) is 0 Å². The van der Waals surface area contributed by atoms with Crippen LogP contribution >= 0.6 is 23.1 Å². The van der Waals surface area contributed by atoms with Gasteiger partial charge in [-0.3, -0.25) is 14.6 Å². The Hall–Kier alpha value is -2.45. The molecule has 0 spiro atoms. The molecular weight excluding hydrogens is 406 g/mol. The zero-order chi connectivity index (χ0) is 20.5. The van der Waals surface area contributed by atoms with Crippen molar-refractivity contribution in [3.8, 4) is 0 Å². The van der Waals surface area contributed by atoms with Crippen LogP contribution < -0.4 is 0 Å². The molecule has 0 bridgehead atoms. The van der Waals surface area contributed by atoms with Crippen molar-refractivity contribution in [2.75, 3.05) is 18.9 Å². The first-order valence-electron chi connectivity index (χ1n) is 9.40. The maximum atomic E-state index is 12.8. The van der Waals surface area contributed by atoms with Crippen LogP contribution in [-0.4, -0.2) is 45.6 Å². The molecule has 0 saturated carbocycles. The minimum absolute atomic E-state index is 0.00994. The zero-order valence-electron chi connectivity index (χ0n) is 16.2. The van der Waals surface area contributed by atoms with Gasteiger partial charge >= 0.3 is 5.97 Å². The number of rotatable bonds is 10. The van der Waals surface area contributed by atoms with Crippen LogP contribution in [0.5, 0.6) is 0 Å². The summed E-state index contributed by atoms with van der Waals surface area (Å²) < 4.78 is 6.14. The van der Waals surface area contributed by atoms with Crippen molar-refractivity contribution in [3.05, 3.63) is 59.4 Å². The molecule has 0 aliphatic heterocycles. The van der Waals surface area contributed by atoms with Gasteiger partial charge in [0.15, 0.2) is 0 Å². The van der Waals surface area contributed by atoms with Gasteiger partial charge in [0.1, 0.15) is 5.01 Å². The number of carbonyl (C=O) groups excluding carboxylic acids is 2. The Kier molecular flexibility index (Phi) is 8.01. The van der Waals surface area contributed by atoms with Crippen molar-refractivity contribution in [3.63, 3.8) is 0 Å². The van der Waals surface area contributed by atoms with Crippen molar-refractivity contribution in [1.29, 1.82) is 0 Å². The number of pyridine rings is 1. The number of para-hydroxylation sites is 1. The molecule has 29 heavy (non-hydrogen) atoms. The molecule has 2 aromatic heterocycles. The van der Waals surface area contributed by atoms with E-state index in [1.165, 1.54) is 11.8 Å². The minimum atomic E-state index is -0.293. The number of hydrogen-bond donors (Lipinski definition) is 0. The predicted octanol–water partition coefficient (Wildman–Crippen LogP) is 3.91. The quantitative estimate of drug-likeness (QED) is 0.455. The van der Waals surface area contributed by atoms with Crippen molar-refractivity contribution in [2.45, 2.75) is 25.6 Å². The third-order valence-electron chi connectivity index (χ3n) is 4.13. The van der Waals surface area contributed by atoms with Crippen LogP contribution in [-0.2, 0) is 26.6 Å². The summed E-state index contributed by atoms with van der Waals surface area (Å²) in [6.45, 7) is 2.87. The highest BCUT2D eigenvalue weighted by Gasteiger charge is 2.17. The van der Waals surface area contributed by atoms with Crippen LogP contribution in [0.4, 0.5) is 0 Å². The SMILES string of the molecule is CCOC(=O)CCN(Cc1cccnc1)C(=O)CSCc1nc2ccccc2s1. The van der Waals surface area contributed by atoms with Gasteiger partial charge in [-0.15, -0.1) is 23.1 Å². The summed E-state index contributed by atoms with van der Waals surface area (Å²) >= 11 is 3.19. The summed E-state index contributed by atoms with van der Waals surface area (Å²) in [6, 6.07) is 11.8. The van der Waals surface area contributed by atoms with Gasteiger partial charge in [-0.05, 0) is 30.7 Å². The Balaban J connectivity index is 1.56. The molecule has 0 unspecified atom stereocenters. The molecule has 152 valence electrons. The van der Waals surface area contributed by atoms with Gasteiger partial charge in [0, 0.05) is 31.2 Å². The average Bonchev–Trinajstić information content (AvgIpc) is 3.14.